The van der Waals surface area contributed by atoms with Gasteiger partial charge < -0.3 is 16.5 Å². The number of hydrogen-bond donors (Lipinski definition) is 3. The number of carbonyl (C=O) groups excluding carboxylic acids is 1. The zero-order valence-corrected chi connectivity index (χ0v) is 15.9. The van der Waals surface area contributed by atoms with Crippen LogP contribution in [0, 0.1) is 0 Å². The first-order valence-corrected chi connectivity index (χ1v) is 9.60. The molecule has 3 aromatic carbocycles. The molecule has 1 aliphatic rings. The van der Waals surface area contributed by atoms with Crippen LogP contribution in [0.25, 0.3) is 10.8 Å². The fourth-order valence-corrected chi connectivity index (χ4v) is 3.84. The molecule has 3 aromatic rings. The van der Waals surface area contributed by atoms with Gasteiger partial charge in [-0.05, 0) is 70.1 Å². The molecule has 4 N–H and O–H groups in total. The lowest BCUT2D eigenvalue weighted by molar-refractivity contribution is 0.102. The van der Waals surface area contributed by atoms with E-state index in [2.05, 4.69) is 34.8 Å². The quantitative estimate of drug-likeness (QED) is 0.368. The molecule has 0 spiro atoms. The Kier molecular flexibility index (Phi) is 5.08. The lowest BCUT2D eigenvalue weighted by Gasteiger charge is -2.26. The van der Waals surface area contributed by atoms with E-state index in [1.165, 1.54) is 11.1 Å². The maximum absolute atomic E-state index is 12.8. The lowest BCUT2D eigenvalue weighted by Crippen LogP contribution is -2.28. The molecule has 5 heteroatoms. The molecule has 28 heavy (non-hydrogen) atoms. The summed E-state index contributed by atoms with van der Waals surface area (Å²) < 4.78 is 0. The molecule has 1 heterocycles. The van der Waals surface area contributed by atoms with Crippen LogP contribution in [0.2, 0.25) is 0 Å². The lowest BCUT2D eigenvalue weighted by atomic mass is 9.88. The summed E-state index contributed by atoms with van der Waals surface area (Å²) in [6, 6.07) is 17.8. The van der Waals surface area contributed by atoms with Crippen molar-refractivity contribution in [1.29, 1.82) is 0 Å². The molecule has 142 valence electrons. The van der Waals surface area contributed by atoms with Gasteiger partial charge in [0.1, 0.15) is 0 Å². The molecule has 0 saturated carbocycles. The number of nitrogens with two attached hydrogens (primary N) is 1. The Bertz CT molecular complexity index is 1060. The third-order valence-electron chi connectivity index (χ3n) is 5.39. The third-order valence-corrected chi connectivity index (χ3v) is 5.39. The number of fused-ring (bicyclic) bond motifs is 2. The smallest absolute Gasteiger partial charge is 0.255 e. The number of amides is 1. The first-order valence-electron chi connectivity index (χ1n) is 9.60. The first-order chi connectivity index (χ1) is 13.7. The van der Waals surface area contributed by atoms with Crippen LogP contribution in [0.5, 0.6) is 0 Å². The van der Waals surface area contributed by atoms with Gasteiger partial charge >= 0.3 is 0 Å². The zero-order chi connectivity index (χ0) is 19.5. The second-order valence-corrected chi connectivity index (χ2v) is 7.20. The minimum absolute atomic E-state index is 0.101. The van der Waals surface area contributed by atoms with Gasteiger partial charge in [0, 0.05) is 24.3 Å². The Morgan fingerprint density at radius 2 is 2.00 bits per heavy atom. The number of nitrogens with zero attached hydrogens (tertiary/aromatic N) is 1. The minimum atomic E-state index is -0.101. The predicted octanol–water partition coefficient (Wildman–Crippen LogP) is 3.98. The molecular formula is C23H24N4O. The number of hydrogen-bond acceptors (Lipinski definition) is 4. The van der Waals surface area contributed by atoms with Gasteiger partial charge in [-0.2, -0.15) is 5.10 Å². The van der Waals surface area contributed by atoms with Crippen LogP contribution in [0.4, 0.5) is 5.69 Å². The topological polar surface area (TPSA) is 79.5 Å². The van der Waals surface area contributed by atoms with E-state index in [-0.39, 0.29) is 5.91 Å². The molecular weight excluding hydrogens is 348 g/mol. The summed E-state index contributed by atoms with van der Waals surface area (Å²) in [5.74, 6) is 5.61. The SMILES string of the molecule is CCC1CNCc2ccc(NC(=O)c3ccc4cc(C=NN)ccc4c3)cc21. The number of carbonyl (C=O) groups is 1. The Morgan fingerprint density at radius 3 is 2.82 bits per heavy atom. The Morgan fingerprint density at radius 1 is 1.18 bits per heavy atom. The number of hydrazone groups is 1. The highest BCUT2D eigenvalue weighted by Crippen LogP contribution is 2.29. The van der Waals surface area contributed by atoms with Crippen molar-refractivity contribution in [2.24, 2.45) is 10.9 Å². The van der Waals surface area contributed by atoms with Crippen LogP contribution in [-0.2, 0) is 6.54 Å². The fraction of sp³-hybridized carbons (Fsp3) is 0.217. The monoisotopic (exact) mass is 372 g/mol. The molecule has 0 aliphatic carbocycles. The molecule has 5 nitrogen and oxygen atoms in total. The largest absolute Gasteiger partial charge is 0.323 e. The van der Waals surface area contributed by atoms with Crippen LogP contribution >= 0.6 is 0 Å². The van der Waals surface area contributed by atoms with E-state index in [1.54, 1.807) is 6.21 Å². The summed E-state index contributed by atoms with van der Waals surface area (Å²) in [6.45, 7) is 4.08. The van der Waals surface area contributed by atoms with Crippen molar-refractivity contribution in [3.8, 4) is 0 Å². The third kappa shape index (κ3) is 3.62. The fourth-order valence-electron chi connectivity index (χ4n) is 3.84. The van der Waals surface area contributed by atoms with Crippen LogP contribution < -0.4 is 16.5 Å². The zero-order valence-electron chi connectivity index (χ0n) is 15.9. The van der Waals surface area contributed by atoms with E-state index in [4.69, 9.17) is 5.84 Å². The van der Waals surface area contributed by atoms with E-state index in [0.29, 0.717) is 11.5 Å². The Balaban J connectivity index is 1.57. The maximum atomic E-state index is 12.8. The molecule has 0 fully saturated rings. The van der Waals surface area contributed by atoms with Crippen LogP contribution in [0.15, 0.2) is 59.7 Å². The van der Waals surface area contributed by atoms with Crippen LogP contribution in [0.3, 0.4) is 0 Å². The van der Waals surface area contributed by atoms with E-state index >= 15 is 0 Å². The summed E-state index contributed by atoms with van der Waals surface area (Å²) in [5.41, 5.74) is 5.07. The van der Waals surface area contributed by atoms with Gasteiger partial charge in [-0.15, -0.1) is 0 Å². The van der Waals surface area contributed by atoms with Crippen molar-refractivity contribution in [1.82, 2.24) is 5.32 Å². The average Bonchev–Trinajstić information content (AvgIpc) is 2.73. The van der Waals surface area contributed by atoms with Gasteiger partial charge in [0.2, 0.25) is 0 Å². The number of anilines is 1. The van der Waals surface area contributed by atoms with Gasteiger partial charge in [0.15, 0.2) is 0 Å². The van der Waals surface area contributed by atoms with Crippen molar-refractivity contribution in [2.75, 3.05) is 11.9 Å². The van der Waals surface area contributed by atoms with Crippen molar-refractivity contribution in [3.05, 3.63) is 76.9 Å². The van der Waals surface area contributed by atoms with Gasteiger partial charge in [-0.1, -0.05) is 31.2 Å². The summed E-state index contributed by atoms with van der Waals surface area (Å²) >= 11 is 0. The predicted molar refractivity (Wildman–Crippen MR) is 115 cm³/mol. The molecule has 1 unspecified atom stereocenters. The van der Waals surface area contributed by atoms with E-state index in [1.807, 2.05) is 42.5 Å². The average molecular weight is 372 g/mol. The normalized spacial score (nSPS) is 16.2. The molecule has 1 aliphatic heterocycles. The van der Waals surface area contributed by atoms with Gasteiger partial charge in [-0.3, -0.25) is 4.79 Å². The Hall–Kier alpha value is -3.18. The molecule has 0 aromatic heterocycles. The molecule has 0 bridgehead atoms. The second kappa shape index (κ2) is 7.82. The summed E-state index contributed by atoms with van der Waals surface area (Å²) in [7, 11) is 0. The van der Waals surface area contributed by atoms with E-state index in [9.17, 15) is 4.79 Å². The van der Waals surface area contributed by atoms with Crippen LogP contribution in [-0.4, -0.2) is 18.7 Å². The summed E-state index contributed by atoms with van der Waals surface area (Å²) in [4.78, 5) is 12.8. The minimum Gasteiger partial charge on any atom is -0.323 e. The molecule has 1 atom stereocenters. The standard InChI is InChI=1S/C23H24N4O/c1-2-16-13-25-14-20-7-8-21(11-22(16)20)27-23(28)19-6-5-17-9-15(12-26-24)3-4-18(17)10-19/h3-12,16,25H,2,13-14,24H2,1H3,(H,27,28). The van der Waals surface area contributed by atoms with Crippen molar-refractivity contribution in [2.45, 2.75) is 25.8 Å². The highest BCUT2D eigenvalue weighted by atomic mass is 16.1. The maximum Gasteiger partial charge on any atom is 0.255 e. The number of nitrogens with one attached hydrogen (secondary N) is 2. The highest BCUT2D eigenvalue weighted by Gasteiger charge is 2.19. The van der Waals surface area contributed by atoms with E-state index in [0.717, 1.165) is 41.5 Å². The second-order valence-electron chi connectivity index (χ2n) is 7.20. The van der Waals surface area contributed by atoms with Crippen molar-refractivity contribution < 1.29 is 4.79 Å². The molecule has 1 amide bonds. The van der Waals surface area contributed by atoms with Gasteiger partial charge in [0.05, 0.1) is 6.21 Å². The summed E-state index contributed by atoms with van der Waals surface area (Å²) in [5, 5.41) is 12.1. The van der Waals surface area contributed by atoms with Gasteiger partial charge in [0.25, 0.3) is 5.91 Å². The summed E-state index contributed by atoms with van der Waals surface area (Å²) in [6.07, 6.45) is 2.69. The van der Waals surface area contributed by atoms with Crippen LogP contribution in [0.1, 0.15) is 46.3 Å². The van der Waals surface area contributed by atoms with E-state index < -0.39 is 0 Å². The molecule has 0 radical (unpaired) electrons. The first kappa shape index (κ1) is 18.2. The van der Waals surface area contributed by atoms with Crippen molar-refractivity contribution in [3.63, 3.8) is 0 Å². The van der Waals surface area contributed by atoms with Gasteiger partial charge in [-0.25, -0.2) is 0 Å². The van der Waals surface area contributed by atoms with Crippen molar-refractivity contribution >= 4 is 28.6 Å². The molecule has 4 rings (SSSR count). The number of benzene rings is 3. The molecule has 0 saturated heterocycles. The number of rotatable bonds is 4. The Labute approximate surface area is 164 Å². The highest BCUT2D eigenvalue weighted by molar-refractivity contribution is 6.06.